The molecule has 7 nitrogen and oxygen atoms in total. The number of hydrogen-bond acceptors (Lipinski definition) is 4. The smallest absolute Gasteiger partial charge is 0.269 e. The second kappa shape index (κ2) is 9.96. The lowest BCUT2D eigenvalue weighted by Gasteiger charge is -2.10. The molecule has 0 radical (unpaired) electrons. The summed E-state index contributed by atoms with van der Waals surface area (Å²) in [6, 6.07) is 13.1. The molecule has 0 aliphatic heterocycles. The van der Waals surface area contributed by atoms with E-state index >= 15 is 0 Å². The summed E-state index contributed by atoms with van der Waals surface area (Å²) in [5, 5.41) is 2.70. The van der Waals surface area contributed by atoms with Crippen molar-refractivity contribution in [2.75, 3.05) is 11.9 Å². The minimum absolute atomic E-state index is 0.107. The van der Waals surface area contributed by atoms with E-state index in [1.54, 1.807) is 55.5 Å². The molecule has 0 saturated carbocycles. The maximum Gasteiger partial charge on any atom is 0.269 e. The van der Waals surface area contributed by atoms with Gasteiger partial charge in [0.15, 0.2) is 0 Å². The lowest BCUT2D eigenvalue weighted by atomic mass is 10.2. The predicted octanol–water partition coefficient (Wildman–Crippen LogP) is 2.90. The van der Waals surface area contributed by atoms with Gasteiger partial charge in [-0.1, -0.05) is 19.9 Å². The van der Waals surface area contributed by atoms with Crippen molar-refractivity contribution in [1.82, 2.24) is 10.9 Å². The normalized spacial score (nSPS) is 10.0. The van der Waals surface area contributed by atoms with Crippen LogP contribution in [0.15, 0.2) is 48.5 Å². The van der Waals surface area contributed by atoms with E-state index in [0.717, 1.165) is 6.42 Å². The van der Waals surface area contributed by atoms with Crippen LogP contribution in [0, 0.1) is 0 Å². The Bertz CT molecular complexity index is 803. The zero-order valence-corrected chi connectivity index (χ0v) is 15.4. The Balaban J connectivity index is 1.91. The molecule has 2 rings (SSSR count). The van der Waals surface area contributed by atoms with Gasteiger partial charge in [-0.15, -0.1) is 0 Å². The van der Waals surface area contributed by atoms with Gasteiger partial charge in [-0.25, -0.2) is 0 Å². The molecule has 0 aromatic heterocycles. The Labute approximate surface area is 158 Å². The van der Waals surface area contributed by atoms with Gasteiger partial charge >= 0.3 is 0 Å². The Kier molecular flexibility index (Phi) is 7.37. The van der Waals surface area contributed by atoms with Crippen LogP contribution in [0.2, 0.25) is 0 Å². The van der Waals surface area contributed by atoms with Crippen LogP contribution in [0.1, 0.15) is 47.4 Å². The van der Waals surface area contributed by atoms with Gasteiger partial charge < -0.3 is 10.1 Å². The van der Waals surface area contributed by atoms with Crippen LogP contribution >= 0.6 is 0 Å². The summed E-state index contributed by atoms with van der Waals surface area (Å²) >= 11 is 0. The van der Waals surface area contributed by atoms with E-state index in [9.17, 15) is 14.4 Å². The lowest BCUT2D eigenvalue weighted by molar-refractivity contribution is -0.115. The highest BCUT2D eigenvalue weighted by molar-refractivity contribution is 5.99. The van der Waals surface area contributed by atoms with Crippen LogP contribution in [0.5, 0.6) is 5.75 Å². The first-order valence-corrected chi connectivity index (χ1v) is 8.77. The number of rotatable bonds is 7. The first kappa shape index (κ1) is 20.0. The number of anilines is 1. The highest BCUT2D eigenvalue weighted by atomic mass is 16.5. The molecular formula is C20H23N3O4. The third-order valence-electron chi connectivity index (χ3n) is 3.61. The van der Waals surface area contributed by atoms with Gasteiger partial charge in [0, 0.05) is 23.2 Å². The zero-order chi connectivity index (χ0) is 19.6. The molecule has 0 fully saturated rings. The summed E-state index contributed by atoms with van der Waals surface area (Å²) in [4.78, 5) is 35.7. The van der Waals surface area contributed by atoms with Crippen LogP contribution in [0.3, 0.4) is 0 Å². The molecule has 0 saturated heterocycles. The van der Waals surface area contributed by atoms with Gasteiger partial charge in [0.05, 0.1) is 6.61 Å². The van der Waals surface area contributed by atoms with Crippen molar-refractivity contribution in [1.29, 1.82) is 0 Å². The lowest BCUT2D eigenvalue weighted by Crippen LogP contribution is -2.41. The first-order valence-electron chi connectivity index (χ1n) is 8.77. The largest absolute Gasteiger partial charge is 0.494 e. The number of ether oxygens (including phenoxy) is 1. The van der Waals surface area contributed by atoms with Crippen molar-refractivity contribution in [3.05, 3.63) is 59.7 Å². The van der Waals surface area contributed by atoms with Crippen molar-refractivity contribution in [3.8, 4) is 5.75 Å². The molecule has 3 N–H and O–H groups in total. The Morgan fingerprint density at radius 3 is 2.19 bits per heavy atom. The predicted molar refractivity (Wildman–Crippen MR) is 103 cm³/mol. The second-order valence-electron chi connectivity index (χ2n) is 5.76. The van der Waals surface area contributed by atoms with E-state index in [1.165, 1.54) is 0 Å². The molecule has 2 aromatic rings. The SMILES string of the molecule is CCCOc1cccc(C(=O)NNC(=O)c2ccc(NC(=O)CC)cc2)c1. The number of carbonyl (C=O) groups excluding carboxylic acids is 3. The van der Waals surface area contributed by atoms with E-state index in [4.69, 9.17) is 4.74 Å². The maximum absolute atomic E-state index is 12.2. The average Bonchev–Trinajstić information content (AvgIpc) is 2.70. The molecule has 27 heavy (non-hydrogen) atoms. The quantitative estimate of drug-likeness (QED) is 0.654. The minimum atomic E-state index is -0.463. The summed E-state index contributed by atoms with van der Waals surface area (Å²) in [7, 11) is 0. The van der Waals surface area contributed by atoms with E-state index in [0.29, 0.717) is 35.6 Å². The zero-order valence-electron chi connectivity index (χ0n) is 15.4. The number of hydrogen-bond donors (Lipinski definition) is 3. The summed E-state index contributed by atoms with van der Waals surface area (Å²) < 4.78 is 5.49. The Hall–Kier alpha value is -3.35. The molecule has 0 aliphatic carbocycles. The van der Waals surface area contributed by atoms with E-state index in [2.05, 4.69) is 16.2 Å². The Morgan fingerprint density at radius 2 is 1.56 bits per heavy atom. The summed E-state index contributed by atoms with van der Waals surface area (Å²) in [5.74, 6) is -0.419. The van der Waals surface area contributed by atoms with E-state index < -0.39 is 11.8 Å². The maximum atomic E-state index is 12.2. The fourth-order valence-corrected chi connectivity index (χ4v) is 2.16. The number of carbonyl (C=O) groups is 3. The standard InChI is InChI=1S/C20H23N3O4/c1-3-12-27-17-7-5-6-15(13-17)20(26)23-22-19(25)14-8-10-16(11-9-14)21-18(24)4-2/h5-11,13H,3-4,12H2,1-2H3,(H,21,24)(H,22,25)(H,23,26). The Morgan fingerprint density at radius 1 is 0.889 bits per heavy atom. The van der Waals surface area contributed by atoms with Gasteiger partial charge in [-0.2, -0.15) is 0 Å². The van der Waals surface area contributed by atoms with Crippen LogP contribution in [-0.2, 0) is 4.79 Å². The van der Waals surface area contributed by atoms with E-state index in [1.807, 2.05) is 6.92 Å². The molecule has 0 bridgehead atoms. The molecule has 3 amide bonds. The third-order valence-corrected chi connectivity index (χ3v) is 3.61. The molecule has 142 valence electrons. The van der Waals surface area contributed by atoms with Gasteiger partial charge in [0.25, 0.3) is 11.8 Å². The van der Waals surface area contributed by atoms with Crippen molar-refractivity contribution >= 4 is 23.4 Å². The molecule has 0 spiro atoms. The van der Waals surface area contributed by atoms with Crippen LogP contribution in [0.4, 0.5) is 5.69 Å². The van der Waals surface area contributed by atoms with Crippen LogP contribution in [0.25, 0.3) is 0 Å². The van der Waals surface area contributed by atoms with Gasteiger partial charge in [-0.3, -0.25) is 25.2 Å². The monoisotopic (exact) mass is 369 g/mol. The molecule has 0 atom stereocenters. The molecule has 2 aromatic carbocycles. The molecule has 7 heteroatoms. The van der Waals surface area contributed by atoms with Crippen molar-refractivity contribution in [2.45, 2.75) is 26.7 Å². The highest BCUT2D eigenvalue weighted by Crippen LogP contribution is 2.13. The fraction of sp³-hybridized carbons (Fsp3) is 0.250. The fourth-order valence-electron chi connectivity index (χ4n) is 2.16. The number of nitrogens with one attached hydrogen (secondary N) is 3. The molecule has 0 unspecified atom stereocenters. The third kappa shape index (κ3) is 6.14. The van der Waals surface area contributed by atoms with E-state index in [-0.39, 0.29) is 5.91 Å². The number of hydrazine groups is 1. The van der Waals surface area contributed by atoms with Crippen molar-refractivity contribution in [3.63, 3.8) is 0 Å². The number of benzene rings is 2. The van der Waals surface area contributed by atoms with Gasteiger partial charge in [-0.05, 0) is 48.9 Å². The summed E-state index contributed by atoms with van der Waals surface area (Å²) in [5.41, 5.74) is 6.07. The molecular weight excluding hydrogens is 346 g/mol. The minimum Gasteiger partial charge on any atom is -0.494 e. The first-order chi connectivity index (χ1) is 13.0. The summed E-state index contributed by atoms with van der Waals surface area (Å²) in [6.07, 6.45) is 1.24. The highest BCUT2D eigenvalue weighted by Gasteiger charge is 2.10. The van der Waals surface area contributed by atoms with Crippen molar-refractivity contribution < 1.29 is 19.1 Å². The van der Waals surface area contributed by atoms with Gasteiger partial charge in [0.2, 0.25) is 5.91 Å². The van der Waals surface area contributed by atoms with Crippen molar-refractivity contribution in [2.24, 2.45) is 0 Å². The van der Waals surface area contributed by atoms with Gasteiger partial charge in [0.1, 0.15) is 5.75 Å². The molecule has 0 heterocycles. The average molecular weight is 369 g/mol. The van der Waals surface area contributed by atoms with Crippen LogP contribution in [-0.4, -0.2) is 24.3 Å². The summed E-state index contributed by atoms with van der Waals surface area (Å²) in [6.45, 7) is 4.32. The topological polar surface area (TPSA) is 96.5 Å². The second-order valence-corrected chi connectivity index (χ2v) is 5.76. The molecule has 0 aliphatic rings. The number of amides is 3. The van der Waals surface area contributed by atoms with Crippen LogP contribution < -0.4 is 20.9 Å².